The zero-order valence-electron chi connectivity index (χ0n) is 8.52. The smallest absolute Gasteiger partial charge is 0.369 e. The predicted octanol–water partition coefficient (Wildman–Crippen LogP) is 1.14. The van der Waals surface area contributed by atoms with Crippen molar-refractivity contribution < 1.29 is 9.53 Å². The fourth-order valence-corrected chi connectivity index (χ4v) is 2.48. The van der Waals surface area contributed by atoms with Gasteiger partial charge in [0.05, 0.1) is 13.2 Å². The van der Waals surface area contributed by atoms with Crippen LogP contribution < -0.4 is 5.32 Å². The Balaban J connectivity index is 2.08. The third kappa shape index (κ3) is 2.32. The second-order valence-corrected chi connectivity index (χ2v) is 4.45. The van der Waals surface area contributed by atoms with Gasteiger partial charge in [-0.25, -0.2) is 4.79 Å². The molecule has 1 aliphatic rings. The minimum absolute atomic E-state index is 0.259. The van der Waals surface area contributed by atoms with Crippen LogP contribution in [0.2, 0.25) is 0 Å². The molecule has 1 atom stereocenters. The molecule has 6 heteroatoms. The number of ether oxygens (including phenoxy) is 1. The van der Waals surface area contributed by atoms with E-state index in [4.69, 9.17) is 0 Å². The maximum atomic E-state index is 11.2. The zero-order valence-corrected chi connectivity index (χ0v) is 9.34. The van der Waals surface area contributed by atoms with Crippen molar-refractivity contribution in [3.8, 4) is 0 Å². The Bertz CT molecular complexity index is 347. The van der Waals surface area contributed by atoms with E-state index in [1.807, 2.05) is 0 Å². The van der Waals surface area contributed by atoms with E-state index in [0.29, 0.717) is 5.01 Å². The minimum atomic E-state index is -0.408. The number of carbonyl (C=O) groups excluding carboxylic acids is 1. The van der Waals surface area contributed by atoms with E-state index < -0.39 is 5.97 Å². The monoisotopic (exact) mass is 227 g/mol. The van der Waals surface area contributed by atoms with Crippen molar-refractivity contribution in [2.45, 2.75) is 25.3 Å². The van der Waals surface area contributed by atoms with Crippen molar-refractivity contribution in [3.63, 3.8) is 0 Å². The third-order valence-corrected chi connectivity index (χ3v) is 3.43. The normalized spacial score (nSPS) is 21.3. The molecular formula is C9H13N3O2S. The number of aromatic nitrogens is 2. The van der Waals surface area contributed by atoms with Gasteiger partial charge in [-0.05, 0) is 19.4 Å². The Labute approximate surface area is 91.9 Å². The number of piperidine rings is 1. The highest BCUT2D eigenvalue weighted by atomic mass is 32.1. The Morgan fingerprint density at radius 1 is 1.53 bits per heavy atom. The third-order valence-electron chi connectivity index (χ3n) is 2.41. The molecule has 0 radical (unpaired) electrons. The van der Waals surface area contributed by atoms with Crippen molar-refractivity contribution in [2.75, 3.05) is 13.7 Å². The van der Waals surface area contributed by atoms with E-state index >= 15 is 0 Å². The van der Waals surface area contributed by atoms with Crippen LogP contribution in [-0.4, -0.2) is 29.8 Å². The Hall–Kier alpha value is -1.01. The first kappa shape index (κ1) is 10.5. The molecule has 1 aromatic heterocycles. The van der Waals surface area contributed by atoms with Crippen LogP contribution in [0.3, 0.4) is 0 Å². The fourth-order valence-electron chi connectivity index (χ4n) is 1.61. The molecule has 0 spiro atoms. The SMILES string of the molecule is COC(=O)c1nnc(C2CCCCN2)s1. The summed E-state index contributed by atoms with van der Waals surface area (Å²) in [5, 5.41) is 12.4. The highest BCUT2D eigenvalue weighted by Crippen LogP contribution is 2.25. The number of nitrogens with one attached hydrogen (secondary N) is 1. The zero-order chi connectivity index (χ0) is 10.7. The summed E-state index contributed by atoms with van der Waals surface area (Å²) < 4.78 is 4.59. The number of hydrogen-bond acceptors (Lipinski definition) is 6. The van der Waals surface area contributed by atoms with Crippen LogP contribution >= 0.6 is 11.3 Å². The van der Waals surface area contributed by atoms with Crippen molar-refractivity contribution in [1.82, 2.24) is 15.5 Å². The first-order chi connectivity index (χ1) is 7.31. The molecule has 82 valence electrons. The summed E-state index contributed by atoms with van der Waals surface area (Å²) in [4.78, 5) is 11.2. The molecule has 1 saturated heterocycles. The second-order valence-electron chi connectivity index (χ2n) is 3.44. The van der Waals surface area contributed by atoms with Crippen molar-refractivity contribution in [3.05, 3.63) is 10.0 Å². The molecule has 0 saturated carbocycles. The molecule has 1 fully saturated rings. The van der Waals surface area contributed by atoms with Crippen molar-refractivity contribution >= 4 is 17.3 Å². The molecule has 0 bridgehead atoms. The highest BCUT2D eigenvalue weighted by molar-refractivity contribution is 7.13. The van der Waals surface area contributed by atoms with Crippen LogP contribution in [0.5, 0.6) is 0 Å². The van der Waals surface area contributed by atoms with E-state index in [1.165, 1.54) is 31.3 Å². The summed E-state index contributed by atoms with van der Waals surface area (Å²) in [6.45, 7) is 1.01. The molecule has 0 aromatic carbocycles. The average Bonchev–Trinajstić information content (AvgIpc) is 2.78. The standard InChI is InChI=1S/C9H13N3O2S/c1-14-9(13)8-12-11-7(15-8)6-4-2-3-5-10-6/h6,10H,2-5H2,1H3. The molecule has 1 unspecified atom stereocenters. The molecule has 0 aliphatic carbocycles. The molecule has 0 amide bonds. The molecule has 2 heterocycles. The van der Waals surface area contributed by atoms with Crippen molar-refractivity contribution in [2.24, 2.45) is 0 Å². The van der Waals surface area contributed by atoms with Crippen LogP contribution in [0.25, 0.3) is 0 Å². The van der Waals surface area contributed by atoms with Crippen LogP contribution in [0.15, 0.2) is 0 Å². The van der Waals surface area contributed by atoms with Gasteiger partial charge in [-0.1, -0.05) is 17.8 Å². The van der Waals surface area contributed by atoms with E-state index in [0.717, 1.165) is 18.0 Å². The van der Waals surface area contributed by atoms with E-state index in [1.54, 1.807) is 0 Å². The lowest BCUT2D eigenvalue weighted by Gasteiger charge is -2.20. The summed E-state index contributed by atoms with van der Waals surface area (Å²) in [5.74, 6) is -0.408. The van der Waals surface area contributed by atoms with Crippen LogP contribution in [0.1, 0.15) is 40.1 Å². The quantitative estimate of drug-likeness (QED) is 0.767. The highest BCUT2D eigenvalue weighted by Gasteiger charge is 2.21. The van der Waals surface area contributed by atoms with Gasteiger partial charge in [-0.2, -0.15) is 0 Å². The number of nitrogens with zero attached hydrogens (tertiary/aromatic N) is 2. The van der Waals surface area contributed by atoms with Gasteiger partial charge in [-0.15, -0.1) is 10.2 Å². The maximum Gasteiger partial charge on any atom is 0.369 e. The van der Waals surface area contributed by atoms with E-state index in [-0.39, 0.29) is 6.04 Å². The average molecular weight is 227 g/mol. The molecule has 1 N–H and O–H groups in total. The fraction of sp³-hybridized carbons (Fsp3) is 0.667. The van der Waals surface area contributed by atoms with Crippen LogP contribution in [0.4, 0.5) is 0 Å². The Kier molecular flexibility index (Phi) is 3.27. The predicted molar refractivity (Wildman–Crippen MR) is 55.8 cm³/mol. The first-order valence-corrected chi connectivity index (χ1v) is 5.78. The van der Waals surface area contributed by atoms with Crippen LogP contribution in [0, 0.1) is 0 Å². The van der Waals surface area contributed by atoms with Gasteiger partial charge in [0.25, 0.3) is 0 Å². The van der Waals surface area contributed by atoms with Gasteiger partial charge in [0.15, 0.2) is 0 Å². The van der Waals surface area contributed by atoms with E-state index in [2.05, 4.69) is 20.3 Å². The summed E-state index contributed by atoms with van der Waals surface area (Å²) in [6, 6.07) is 0.259. The summed E-state index contributed by atoms with van der Waals surface area (Å²) in [7, 11) is 1.35. The van der Waals surface area contributed by atoms with E-state index in [9.17, 15) is 4.79 Å². The van der Waals surface area contributed by atoms with Gasteiger partial charge in [-0.3, -0.25) is 0 Å². The van der Waals surface area contributed by atoms with Gasteiger partial charge in [0.1, 0.15) is 5.01 Å². The number of rotatable bonds is 2. The number of carbonyl (C=O) groups is 1. The number of esters is 1. The number of hydrogen-bond donors (Lipinski definition) is 1. The topological polar surface area (TPSA) is 64.1 Å². The molecule has 15 heavy (non-hydrogen) atoms. The van der Waals surface area contributed by atoms with Gasteiger partial charge in [0.2, 0.25) is 5.01 Å². The lowest BCUT2D eigenvalue weighted by Crippen LogP contribution is -2.26. The number of methoxy groups -OCH3 is 1. The summed E-state index contributed by atoms with van der Waals surface area (Å²) in [5.41, 5.74) is 0. The lowest BCUT2D eigenvalue weighted by molar-refractivity contribution is 0.0599. The maximum absolute atomic E-state index is 11.2. The lowest BCUT2D eigenvalue weighted by atomic mass is 10.1. The Morgan fingerprint density at radius 3 is 3.07 bits per heavy atom. The molecule has 1 aromatic rings. The minimum Gasteiger partial charge on any atom is -0.464 e. The van der Waals surface area contributed by atoms with Gasteiger partial charge >= 0.3 is 5.97 Å². The van der Waals surface area contributed by atoms with Crippen LogP contribution in [-0.2, 0) is 4.74 Å². The first-order valence-electron chi connectivity index (χ1n) is 4.96. The largest absolute Gasteiger partial charge is 0.464 e. The second kappa shape index (κ2) is 4.67. The molecule has 1 aliphatic heterocycles. The molecule has 5 nitrogen and oxygen atoms in total. The van der Waals surface area contributed by atoms with Crippen molar-refractivity contribution in [1.29, 1.82) is 0 Å². The summed E-state index contributed by atoms with van der Waals surface area (Å²) >= 11 is 1.31. The molecular weight excluding hydrogens is 214 g/mol. The summed E-state index contributed by atoms with van der Waals surface area (Å²) in [6.07, 6.45) is 3.47. The van der Waals surface area contributed by atoms with Gasteiger partial charge in [0, 0.05) is 0 Å². The van der Waals surface area contributed by atoms with Gasteiger partial charge < -0.3 is 10.1 Å². The molecule has 2 rings (SSSR count). The Morgan fingerprint density at radius 2 is 2.40 bits per heavy atom.